The molecule has 0 aliphatic heterocycles. The van der Waals surface area contributed by atoms with Gasteiger partial charge in [-0.25, -0.2) is 0 Å². The van der Waals surface area contributed by atoms with E-state index in [-0.39, 0.29) is 23.1 Å². The predicted octanol–water partition coefficient (Wildman–Crippen LogP) is 2.83. The molecule has 1 amide bonds. The SMILES string of the molecule is COc1cc(C(=O)Nc2ccc(OC(F)(F)F)cc2)on1. The Kier molecular flexibility index (Phi) is 4.01. The van der Waals surface area contributed by atoms with Crippen molar-refractivity contribution in [3.8, 4) is 11.6 Å². The summed E-state index contributed by atoms with van der Waals surface area (Å²) in [6, 6.07) is 5.93. The number of hydrogen-bond donors (Lipinski definition) is 1. The third-order valence-corrected chi connectivity index (χ3v) is 2.27. The van der Waals surface area contributed by atoms with Crippen LogP contribution in [0.5, 0.6) is 11.6 Å². The van der Waals surface area contributed by atoms with E-state index in [4.69, 9.17) is 9.26 Å². The van der Waals surface area contributed by atoms with Gasteiger partial charge in [0.2, 0.25) is 5.76 Å². The smallest absolute Gasteiger partial charge is 0.479 e. The highest BCUT2D eigenvalue weighted by Gasteiger charge is 2.30. The predicted molar refractivity (Wildman–Crippen MR) is 64.1 cm³/mol. The average Bonchev–Trinajstić information content (AvgIpc) is 2.88. The topological polar surface area (TPSA) is 73.6 Å². The van der Waals surface area contributed by atoms with E-state index in [0.29, 0.717) is 0 Å². The van der Waals surface area contributed by atoms with Crippen LogP contribution in [0.25, 0.3) is 0 Å². The van der Waals surface area contributed by atoms with Gasteiger partial charge in [-0.1, -0.05) is 0 Å². The first-order valence-electron chi connectivity index (χ1n) is 5.55. The molecule has 0 radical (unpaired) electrons. The van der Waals surface area contributed by atoms with Gasteiger partial charge in [0.25, 0.3) is 11.8 Å². The standard InChI is InChI=1S/C12H9F3N2O4/c1-19-10-6-9(21-17-10)11(18)16-7-2-4-8(5-3-7)20-12(13,14)15/h2-6H,1H3,(H,16,18). The van der Waals surface area contributed by atoms with E-state index < -0.39 is 12.3 Å². The maximum Gasteiger partial charge on any atom is 0.573 e. The zero-order valence-electron chi connectivity index (χ0n) is 10.6. The van der Waals surface area contributed by atoms with Crippen LogP contribution >= 0.6 is 0 Å². The summed E-state index contributed by atoms with van der Waals surface area (Å²) in [5, 5.41) is 5.87. The molecule has 0 saturated carbocycles. The molecule has 0 atom stereocenters. The Morgan fingerprint density at radius 2 is 1.95 bits per heavy atom. The highest BCUT2D eigenvalue weighted by molar-refractivity contribution is 6.02. The van der Waals surface area contributed by atoms with Gasteiger partial charge in [0.1, 0.15) is 5.75 Å². The Labute approximate surface area is 116 Å². The van der Waals surface area contributed by atoms with Gasteiger partial charge in [-0.05, 0) is 29.4 Å². The Hall–Kier alpha value is -2.71. The molecule has 0 bridgehead atoms. The van der Waals surface area contributed by atoms with Gasteiger partial charge >= 0.3 is 6.36 Å². The van der Waals surface area contributed by atoms with Crippen LogP contribution in [0.2, 0.25) is 0 Å². The highest BCUT2D eigenvalue weighted by atomic mass is 19.4. The molecule has 0 fully saturated rings. The molecule has 112 valence electrons. The van der Waals surface area contributed by atoms with Gasteiger partial charge in [0, 0.05) is 5.69 Å². The third kappa shape index (κ3) is 4.13. The number of ether oxygens (including phenoxy) is 2. The number of methoxy groups -OCH3 is 1. The lowest BCUT2D eigenvalue weighted by Crippen LogP contribution is -2.17. The second-order valence-electron chi connectivity index (χ2n) is 3.76. The van der Waals surface area contributed by atoms with E-state index in [1.54, 1.807) is 0 Å². The fraction of sp³-hybridized carbons (Fsp3) is 0.167. The minimum absolute atomic E-state index is 0.0949. The summed E-state index contributed by atoms with van der Waals surface area (Å²) in [6.07, 6.45) is -4.76. The van der Waals surface area contributed by atoms with E-state index in [1.807, 2.05) is 0 Å². The van der Waals surface area contributed by atoms with Crippen LogP contribution in [0.3, 0.4) is 0 Å². The molecule has 2 aromatic rings. The monoisotopic (exact) mass is 302 g/mol. The number of alkyl halides is 3. The summed E-state index contributed by atoms with van der Waals surface area (Å²) >= 11 is 0. The lowest BCUT2D eigenvalue weighted by molar-refractivity contribution is -0.274. The summed E-state index contributed by atoms with van der Waals surface area (Å²) in [5.41, 5.74) is 0.268. The first-order chi connectivity index (χ1) is 9.87. The molecule has 9 heteroatoms. The number of benzene rings is 1. The second-order valence-corrected chi connectivity index (χ2v) is 3.76. The molecular formula is C12H9F3N2O4. The van der Waals surface area contributed by atoms with Crippen molar-refractivity contribution >= 4 is 11.6 Å². The quantitative estimate of drug-likeness (QED) is 0.940. The number of hydrogen-bond acceptors (Lipinski definition) is 5. The molecule has 1 heterocycles. The Bertz CT molecular complexity index is 622. The van der Waals surface area contributed by atoms with Crippen LogP contribution in [0.15, 0.2) is 34.9 Å². The maximum atomic E-state index is 12.0. The van der Waals surface area contributed by atoms with E-state index in [0.717, 1.165) is 12.1 Å². The molecule has 2 rings (SSSR count). The van der Waals surface area contributed by atoms with Crippen molar-refractivity contribution in [2.75, 3.05) is 12.4 Å². The molecule has 0 spiro atoms. The van der Waals surface area contributed by atoms with Gasteiger partial charge in [0.05, 0.1) is 13.2 Å². The second kappa shape index (κ2) is 5.73. The van der Waals surface area contributed by atoms with Crippen LogP contribution in [-0.2, 0) is 0 Å². The summed E-state index contributed by atoms with van der Waals surface area (Å²) in [5.74, 6) is -0.964. The molecule has 1 aromatic heterocycles. The highest BCUT2D eigenvalue weighted by Crippen LogP contribution is 2.24. The zero-order valence-corrected chi connectivity index (χ0v) is 10.6. The number of carbonyl (C=O) groups excluding carboxylic acids is 1. The number of nitrogens with one attached hydrogen (secondary N) is 1. The van der Waals surface area contributed by atoms with Crippen molar-refractivity contribution in [3.05, 3.63) is 36.1 Å². The maximum absolute atomic E-state index is 12.0. The minimum atomic E-state index is -4.76. The number of anilines is 1. The van der Waals surface area contributed by atoms with Crippen molar-refractivity contribution < 1.29 is 32.0 Å². The van der Waals surface area contributed by atoms with Crippen LogP contribution in [0, 0.1) is 0 Å². The minimum Gasteiger partial charge on any atom is -0.479 e. The van der Waals surface area contributed by atoms with E-state index >= 15 is 0 Å². The number of amides is 1. The fourth-order valence-electron chi connectivity index (χ4n) is 1.39. The van der Waals surface area contributed by atoms with Gasteiger partial charge < -0.3 is 19.3 Å². The van der Waals surface area contributed by atoms with Crippen LogP contribution in [0.4, 0.5) is 18.9 Å². The van der Waals surface area contributed by atoms with Crippen molar-refractivity contribution in [3.63, 3.8) is 0 Å². The number of aromatic nitrogens is 1. The van der Waals surface area contributed by atoms with Gasteiger partial charge in [-0.2, -0.15) is 0 Å². The van der Waals surface area contributed by atoms with Crippen molar-refractivity contribution in [2.45, 2.75) is 6.36 Å². The van der Waals surface area contributed by atoms with Crippen molar-refractivity contribution in [1.82, 2.24) is 5.16 Å². The molecule has 6 nitrogen and oxygen atoms in total. The van der Waals surface area contributed by atoms with Crippen LogP contribution in [0.1, 0.15) is 10.6 Å². The largest absolute Gasteiger partial charge is 0.573 e. The Morgan fingerprint density at radius 3 is 2.48 bits per heavy atom. The average molecular weight is 302 g/mol. The Morgan fingerprint density at radius 1 is 1.29 bits per heavy atom. The lowest BCUT2D eigenvalue weighted by Gasteiger charge is -2.09. The molecule has 1 aromatic carbocycles. The molecule has 0 saturated heterocycles. The zero-order chi connectivity index (χ0) is 15.5. The van der Waals surface area contributed by atoms with Gasteiger partial charge in [0.15, 0.2) is 0 Å². The summed E-state index contributed by atoms with van der Waals surface area (Å²) in [4.78, 5) is 11.7. The molecule has 1 N–H and O–H groups in total. The molecule has 0 aliphatic rings. The van der Waals surface area contributed by atoms with Gasteiger partial charge in [-0.3, -0.25) is 4.79 Å². The van der Waals surface area contributed by atoms with Crippen LogP contribution < -0.4 is 14.8 Å². The summed E-state index contributed by atoms with van der Waals surface area (Å²) in [6.45, 7) is 0. The first kappa shape index (κ1) is 14.7. The van der Waals surface area contributed by atoms with Gasteiger partial charge in [-0.15, -0.1) is 13.2 Å². The Balaban J connectivity index is 2.01. The molecule has 0 unspecified atom stereocenters. The molecular weight excluding hydrogens is 293 g/mol. The van der Waals surface area contributed by atoms with E-state index in [9.17, 15) is 18.0 Å². The van der Waals surface area contributed by atoms with E-state index in [1.165, 1.54) is 25.3 Å². The number of carbonyl (C=O) groups is 1. The van der Waals surface area contributed by atoms with E-state index in [2.05, 4.69) is 15.2 Å². The summed E-state index contributed by atoms with van der Waals surface area (Å²) < 4.78 is 49.1. The van der Waals surface area contributed by atoms with Crippen LogP contribution in [-0.4, -0.2) is 24.5 Å². The summed E-state index contributed by atoms with van der Waals surface area (Å²) in [7, 11) is 1.36. The number of rotatable bonds is 4. The van der Waals surface area contributed by atoms with Crippen molar-refractivity contribution in [2.24, 2.45) is 0 Å². The first-order valence-corrected chi connectivity index (χ1v) is 5.55. The third-order valence-electron chi connectivity index (χ3n) is 2.27. The molecule has 21 heavy (non-hydrogen) atoms. The lowest BCUT2D eigenvalue weighted by atomic mass is 10.3. The number of halogens is 3. The number of nitrogens with zero attached hydrogens (tertiary/aromatic N) is 1. The molecule has 0 aliphatic carbocycles. The normalized spacial score (nSPS) is 11.0. The fourth-order valence-corrected chi connectivity index (χ4v) is 1.39. The van der Waals surface area contributed by atoms with Crippen molar-refractivity contribution in [1.29, 1.82) is 0 Å².